The molecule has 5 nitrogen and oxygen atoms in total. The van der Waals surface area contributed by atoms with Crippen LogP contribution in [0.25, 0.3) is 0 Å². The number of urea groups is 1. The van der Waals surface area contributed by atoms with Gasteiger partial charge in [0.2, 0.25) is 5.13 Å². The van der Waals surface area contributed by atoms with Crippen molar-refractivity contribution in [2.24, 2.45) is 0 Å². The van der Waals surface area contributed by atoms with E-state index in [1.54, 1.807) is 12.3 Å². The summed E-state index contributed by atoms with van der Waals surface area (Å²) < 4.78 is 37.7. The second-order valence-corrected chi connectivity index (χ2v) is 6.17. The fourth-order valence-electron chi connectivity index (χ4n) is 2.33. The highest BCUT2D eigenvalue weighted by molar-refractivity contribution is 7.14. The molecule has 0 unspecified atom stereocenters. The summed E-state index contributed by atoms with van der Waals surface area (Å²) in [6, 6.07) is 4.00. The molecule has 3 amide bonds. The fraction of sp³-hybridized carbons (Fsp3) is 0.267. The largest absolute Gasteiger partial charge is 0.416 e. The van der Waals surface area contributed by atoms with Crippen LogP contribution in [-0.4, -0.2) is 28.4 Å². The second kappa shape index (κ2) is 5.90. The maximum Gasteiger partial charge on any atom is 0.416 e. The van der Waals surface area contributed by atoms with Crippen molar-refractivity contribution in [3.8, 4) is 0 Å². The van der Waals surface area contributed by atoms with Gasteiger partial charge in [0, 0.05) is 11.9 Å². The molecule has 1 aromatic heterocycles. The number of halogens is 3. The average molecular weight is 355 g/mol. The number of carbonyl (C=O) groups excluding carboxylic acids is 2. The van der Waals surface area contributed by atoms with Gasteiger partial charge in [0.1, 0.15) is 6.54 Å². The van der Waals surface area contributed by atoms with E-state index in [1.165, 1.54) is 28.4 Å². The first-order valence-corrected chi connectivity index (χ1v) is 7.84. The summed E-state index contributed by atoms with van der Waals surface area (Å²) in [5.74, 6) is -0.402. The van der Waals surface area contributed by atoms with Gasteiger partial charge in [0.05, 0.1) is 11.3 Å². The number of imide groups is 1. The Kier molecular flexibility index (Phi) is 4.04. The van der Waals surface area contributed by atoms with Gasteiger partial charge in [0.15, 0.2) is 0 Å². The summed E-state index contributed by atoms with van der Waals surface area (Å²) in [5.41, 5.74) is 0.466. The smallest absolute Gasteiger partial charge is 0.310 e. The number of aromatic nitrogens is 1. The van der Waals surface area contributed by atoms with Gasteiger partial charge in [-0.3, -0.25) is 4.79 Å². The van der Waals surface area contributed by atoms with E-state index in [-0.39, 0.29) is 13.1 Å². The Morgan fingerprint density at radius 1 is 1.21 bits per heavy atom. The predicted octanol–water partition coefficient (Wildman–Crippen LogP) is 3.44. The molecule has 0 atom stereocenters. The number of nitrogens with zero attached hydrogens (tertiary/aromatic N) is 3. The van der Waals surface area contributed by atoms with Gasteiger partial charge in [-0.15, -0.1) is 11.3 Å². The monoisotopic (exact) mass is 355 g/mol. The summed E-state index contributed by atoms with van der Waals surface area (Å²) in [6.45, 7) is 1.69. The van der Waals surface area contributed by atoms with Gasteiger partial charge in [-0.25, -0.2) is 14.7 Å². The summed E-state index contributed by atoms with van der Waals surface area (Å²) in [4.78, 5) is 30.8. The van der Waals surface area contributed by atoms with Crippen LogP contribution in [0.1, 0.15) is 16.8 Å². The minimum atomic E-state index is -4.41. The van der Waals surface area contributed by atoms with Crippen LogP contribution in [0.5, 0.6) is 0 Å². The van der Waals surface area contributed by atoms with Gasteiger partial charge in [-0.1, -0.05) is 12.1 Å². The number of benzene rings is 1. The van der Waals surface area contributed by atoms with Crippen molar-refractivity contribution in [1.82, 2.24) is 9.88 Å². The van der Waals surface area contributed by atoms with Crippen LogP contribution < -0.4 is 4.90 Å². The van der Waals surface area contributed by atoms with Crippen LogP contribution in [-0.2, 0) is 17.5 Å². The standard InChI is InChI=1S/C15H12F3N3O2S/c1-9-8-24-13(19-9)21-12(22)7-20(14(21)23)6-10-2-4-11(5-3-10)15(16,17)18/h2-5,8H,6-7H2,1H3. The molecule has 1 aromatic carbocycles. The molecule has 0 radical (unpaired) electrons. The molecule has 0 saturated carbocycles. The number of aryl methyl sites for hydroxylation is 1. The van der Waals surface area contributed by atoms with Crippen molar-refractivity contribution >= 4 is 28.4 Å². The minimum Gasteiger partial charge on any atom is -0.310 e. The molecular formula is C15H12F3N3O2S. The maximum absolute atomic E-state index is 12.6. The number of amides is 3. The first kappa shape index (κ1) is 16.4. The highest BCUT2D eigenvalue weighted by Crippen LogP contribution is 2.30. The number of rotatable bonds is 3. The molecule has 1 fully saturated rings. The molecule has 0 aliphatic carbocycles. The maximum atomic E-state index is 12.6. The molecule has 0 spiro atoms. The van der Waals surface area contributed by atoms with E-state index < -0.39 is 23.7 Å². The number of hydrogen-bond acceptors (Lipinski definition) is 4. The van der Waals surface area contributed by atoms with Crippen molar-refractivity contribution in [1.29, 1.82) is 0 Å². The number of anilines is 1. The molecular weight excluding hydrogens is 343 g/mol. The molecule has 9 heteroatoms. The zero-order chi connectivity index (χ0) is 17.5. The lowest BCUT2D eigenvalue weighted by Gasteiger charge is -2.16. The minimum absolute atomic E-state index is 0.0591. The van der Waals surface area contributed by atoms with Gasteiger partial charge in [-0.05, 0) is 24.6 Å². The third-order valence-corrected chi connectivity index (χ3v) is 4.43. The first-order valence-electron chi connectivity index (χ1n) is 6.96. The van der Waals surface area contributed by atoms with E-state index in [0.29, 0.717) is 16.4 Å². The molecule has 2 heterocycles. The Morgan fingerprint density at radius 2 is 1.88 bits per heavy atom. The lowest BCUT2D eigenvalue weighted by atomic mass is 10.1. The summed E-state index contributed by atoms with van der Waals surface area (Å²) in [5, 5.41) is 2.03. The van der Waals surface area contributed by atoms with Gasteiger partial charge >= 0.3 is 12.2 Å². The van der Waals surface area contributed by atoms with Crippen LogP contribution in [0.3, 0.4) is 0 Å². The third-order valence-electron chi connectivity index (χ3n) is 3.49. The van der Waals surface area contributed by atoms with Crippen LogP contribution in [0.4, 0.5) is 23.1 Å². The quantitative estimate of drug-likeness (QED) is 0.793. The van der Waals surface area contributed by atoms with Gasteiger partial charge in [-0.2, -0.15) is 13.2 Å². The van der Waals surface area contributed by atoms with Crippen LogP contribution in [0.2, 0.25) is 0 Å². The van der Waals surface area contributed by atoms with Gasteiger partial charge in [0.25, 0.3) is 5.91 Å². The van der Waals surface area contributed by atoms with E-state index in [9.17, 15) is 22.8 Å². The van der Waals surface area contributed by atoms with Crippen molar-refractivity contribution in [3.05, 3.63) is 46.5 Å². The lowest BCUT2D eigenvalue weighted by Crippen LogP contribution is -2.32. The van der Waals surface area contributed by atoms with E-state index >= 15 is 0 Å². The molecule has 1 aliphatic heterocycles. The van der Waals surface area contributed by atoms with Crippen molar-refractivity contribution in [2.75, 3.05) is 11.4 Å². The Balaban J connectivity index is 1.75. The molecule has 2 aromatic rings. The zero-order valence-electron chi connectivity index (χ0n) is 12.5. The Morgan fingerprint density at radius 3 is 2.42 bits per heavy atom. The summed E-state index contributed by atoms with van der Waals surface area (Å²) in [7, 11) is 0. The summed E-state index contributed by atoms with van der Waals surface area (Å²) in [6.07, 6.45) is -4.41. The summed E-state index contributed by atoms with van der Waals surface area (Å²) >= 11 is 1.19. The number of hydrogen-bond donors (Lipinski definition) is 0. The van der Waals surface area contributed by atoms with Crippen molar-refractivity contribution in [2.45, 2.75) is 19.6 Å². The van der Waals surface area contributed by atoms with E-state index in [1.807, 2.05) is 0 Å². The SMILES string of the molecule is Cc1csc(N2C(=O)CN(Cc3ccc(C(F)(F)F)cc3)C2=O)n1. The highest BCUT2D eigenvalue weighted by Gasteiger charge is 2.38. The Hall–Kier alpha value is -2.42. The Bertz CT molecular complexity index is 786. The molecule has 0 bridgehead atoms. The lowest BCUT2D eigenvalue weighted by molar-refractivity contribution is -0.137. The van der Waals surface area contributed by atoms with Crippen LogP contribution in [0.15, 0.2) is 29.6 Å². The zero-order valence-corrected chi connectivity index (χ0v) is 13.3. The molecule has 0 N–H and O–H groups in total. The molecule has 1 saturated heterocycles. The Labute approximate surface area is 139 Å². The number of thiazole rings is 1. The molecule has 126 valence electrons. The highest BCUT2D eigenvalue weighted by atomic mass is 32.1. The first-order chi connectivity index (χ1) is 11.3. The third kappa shape index (κ3) is 3.12. The number of carbonyl (C=O) groups is 2. The molecule has 3 rings (SSSR count). The number of alkyl halides is 3. The average Bonchev–Trinajstić information content (AvgIpc) is 3.03. The van der Waals surface area contributed by atoms with E-state index in [2.05, 4.69) is 4.98 Å². The molecule has 1 aliphatic rings. The normalized spacial score (nSPS) is 15.5. The van der Waals surface area contributed by atoms with Gasteiger partial charge < -0.3 is 4.90 Å². The van der Waals surface area contributed by atoms with E-state index in [0.717, 1.165) is 17.0 Å². The fourth-order valence-corrected chi connectivity index (χ4v) is 3.14. The van der Waals surface area contributed by atoms with Crippen molar-refractivity contribution < 1.29 is 22.8 Å². The van der Waals surface area contributed by atoms with Crippen molar-refractivity contribution in [3.63, 3.8) is 0 Å². The second-order valence-electron chi connectivity index (χ2n) is 5.33. The topological polar surface area (TPSA) is 53.5 Å². The van der Waals surface area contributed by atoms with E-state index in [4.69, 9.17) is 0 Å². The predicted molar refractivity (Wildman–Crippen MR) is 81.6 cm³/mol. The van der Waals surface area contributed by atoms with Crippen LogP contribution in [0, 0.1) is 6.92 Å². The molecule has 24 heavy (non-hydrogen) atoms. The van der Waals surface area contributed by atoms with Crippen LogP contribution >= 0.6 is 11.3 Å².